The number of nitrogens with one attached hydrogen (secondary N) is 1. The van der Waals surface area contributed by atoms with Crippen LogP contribution in [0.15, 0.2) is 24.3 Å². The molecule has 1 aromatic carbocycles. The molecule has 0 saturated carbocycles. The molecule has 0 radical (unpaired) electrons. The summed E-state index contributed by atoms with van der Waals surface area (Å²) in [5.74, 6) is 0.544. The number of benzene rings is 1. The molecule has 5 heteroatoms. The summed E-state index contributed by atoms with van der Waals surface area (Å²) in [5, 5.41) is 11.2. The summed E-state index contributed by atoms with van der Waals surface area (Å²) in [4.78, 5) is 14.5. The highest BCUT2D eigenvalue weighted by Gasteiger charge is 2.13. The van der Waals surface area contributed by atoms with Crippen LogP contribution in [0.2, 0.25) is 0 Å². The number of anilines is 2. The van der Waals surface area contributed by atoms with E-state index in [1.54, 1.807) is 6.07 Å². The molecule has 24 heavy (non-hydrogen) atoms. The lowest BCUT2D eigenvalue weighted by Gasteiger charge is -2.17. The van der Waals surface area contributed by atoms with Gasteiger partial charge in [-0.25, -0.2) is 0 Å². The van der Waals surface area contributed by atoms with E-state index in [1.165, 1.54) is 5.56 Å². The van der Waals surface area contributed by atoms with Crippen LogP contribution in [0.1, 0.15) is 46.9 Å². The van der Waals surface area contributed by atoms with Crippen LogP contribution in [0.5, 0.6) is 0 Å². The Labute approximate surface area is 144 Å². The number of aryl methyl sites for hydroxylation is 3. The minimum absolute atomic E-state index is 0.236. The van der Waals surface area contributed by atoms with Gasteiger partial charge in [-0.1, -0.05) is 31.0 Å². The average Bonchev–Trinajstić information content (AvgIpc) is 2.55. The number of rotatable bonds is 6. The predicted octanol–water partition coefficient (Wildman–Crippen LogP) is 3.89. The third kappa shape index (κ3) is 4.31. The normalized spacial score (nSPS) is 10.5. The van der Waals surface area contributed by atoms with Crippen molar-refractivity contribution in [3.05, 3.63) is 46.6 Å². The standard InChI is InChI=1S/C19H26N4O/c1-6-7-10-23(5)17-9-8-16(21-22-17)19(24)20-18-14(3)11-13(2)12-15(18)4/h8-9,11-12H,6-7,10H2,1-5H3,(H,20,24). The Bertz CT molecular complexity index is 687. The van der Waals surface area contributed by atoms with Gasteiger partial charge in [0.2, 0.25) is 0 Å². The zero-order chi connectivity index (χ0) is 17.7. The van der Waals surface area contributed by atoms with Gasteiger partial charge in [-0.2, -0.15) is 0 Å². The van der Waals surface area contributed by atoms with Crippen LogP contribution in [-0.2, 0) is 0 Å². The molecule has 0 aliphatic heterocycles. The molecule has 0 unspecified atom stereocenters. The van der Waals surface area contributed by atoms with Crippen LogP contribution in [0, 0.1) is 20.8 Å². The summed E-state index contributed by atoms with van der Waals surface area (Å²) in [6.07, 6.45) is 2.24. The SMILES string of the molecule is CCCCN(C)c1ccc(C(=O)Nc2c(C)cc(C)cc2C)nn1. The van der Waals surface area contributed by atoms with Crippen molar-refractivity contribution >= 4 is 17.4 Å². The summed E-state index contributed by atoms with van der Waals surface area (Å²) in [7, 11) is 1.98. The Morgan fingerprint density at radius 1 is 1.12 bits per heavy atom. The molecule has 0 aliphatic rings. The quantitative estimate of drug-likeness (QED) is 0.875. The molecular formula is C19H26N4O. The van der Waals surface area contributed by atoms with Gasteiger partial charge in [-0.15, -0.1) is 10.2 Å². The first kappa shape index (κ1) is 17.9. The predicted molar refractivity (Wildman–Crippen MR) is 98.8 cm³/mol. The number of aromatic nitrogens is 2. The molecule has 0 spiro atoms. The van der Waals surface area contributed by atoms with Crippen molar-refractivity contribution in [2.45, 2.75) is 40.5 Å². The van der Waals surface area contributed by atoms with Crippen molar-refractivity contribution < 1.29 is 4.79 Å². The number of carbonyl (C=O) groups is 1. The summed E-state index contributed by atoms with van der Waals surface area (Å²) < 4.78 is 0. The highest BCUT2D eigenvalue weighted by atomic mass is 16.1. The molecule has 5 nitrogen and oxygen atoms in total. The van der Waals surface area contributed by atoms with E-state index in [4.69, 9.17) is 0 Å². The number of hydrogen-bond acceptors (Lipinski definition) is 4. The fourth-order valence-corrected chi connectivity index (χ4v) is 2.71. The van der Waals surface area contributed by atoms with Crippen molar-refractivity contribution in [3.8, 4) is 0 Å². The van der Waals surface area contributed by atoms with Crippen molar-refractivity contribution in [3.63, 3.8) is 0 Å². The molecule has 0 saturated heterocycles. The third-order valence-electron chi connectivity index (χ3n) is 4.04. The average molecular weight is 326 g/mol. The second kappa shape index (κ2) is 7.90. The van der Waals surface area contributed by atoms with Gasteiger partial charge >= 0.3 is 0 Å². The second-order valence-corrected chi connectivity index (χ2v) is 6.28. The number of amides is 1. The van der Waals surface area contributed by atoms with E-state index in [2.05, 4.69) is 34.6 Å². The summed E-state index contributed by atoms with van der Waals surface area (Å²) in [5.41, 5.74) is 4.44. The van der Waals surface area contributed by atoms with Gasteiger partial charge in [0.15, 0.2) is 11.5 Å². The third-order valence-corrected chi connectivity index (χ3v) is 4.04. The van der Waals surface area contributed by atoms with Crippen LogP contribution in [0.25, 0.3) is 0 Å². The second-order valence-electron chi connectivity index (χ2n) is 6.28. The molecule has 0 atom stereocenters. The molecule has 2 rings (SSSR count). The van der Waals surface area contributed by atoms with E-state index in [-0.39, 0.29) is 5.91 Å². The number of nitrogens with zero attached hydrogens (tertiary/aromatic N) is 3. The maximum atomic E-state index is 12.4. The van der Waals surface area contributed by atoms with E-state index >= 15 is 0 Å². The van der Waals surface area contributed by atoms with Crippen LogP contribution < -0.4 is 10.2 Å². The topological polar surface area (TPSA) is 58.1 Å². The maximum absolute atomic E-state index is 12.4. The molecule has 0 aliphatic carbocycles. The molecule has 0 fully saturated rings. The van der Waals surface area contributed by atoms with E-state index in [0.29, 0.717) is 5.69 Å². The molecule has 2 aromatic rings. The van der Waals surface area contributed by atoms with Crippen molar-refractivity contribution in [2.75, 3.05) is 23.8 Å². The first-order valence-corrected chi connectivity index (χ1v) is 8.36. The summed E-state index contributed by atoms with van der Waals surface area (Å²) in [6.45, 7) is 9.12. The monoisotopic (exact) mass is 326 g/mol. The zero-order valence-corrected chi connectivity index (χ0v) is 15.2. The molecule has 1 aromatic heterocycles. The van der Waals surface area contributed by atoms with Gasteiger partial charge in [0.05, 0.1) is 0 Å². The Kier molecular flexibility index (Phi) is 5.90. The van der Waals surface area contributed by atoms with Crippen molar-refractivity contribution in [1.29, 1.82) is 0 Å². The van der Waals surface area contributed by atoms with Crippen LogP contribution in [0.3, 0.4) is 0 Å². The van der Waals surface area contributed by atoms with Gasteiger partial charge < -0.3 is 10.2 Å². The van der Waals surface area contributed by atoms with E-state index in [9.17, 15) is 4.79 Å². The Morgan fingerprint density at radius 3 is 2.33 bits per heavy atom. The van der Waals surface area contributed by atoms with Gasteiger partial charge in [-0.3, -0.25) is 4.79 Å². The number of unbranched alkanes of at least 4 members (excludes halogenated alkanes) is 1. The van der Waals surface area contributed by atoms with Crippen molar-refractivity contribution in [1.82, 2.24) is 10.2 Å². The van der Waals surface area contributed by atoms with Crippen LogP contribution in [0.4, 0.5) is 11.5 Å². The Morgan fingerprint density at radius 2 is 1.79 bits per heavy atom. The molecule has 1 N–H and O–H groups in total. The first-order valence-electron chi connectivity index (χ1n) is 8.36. The zero-order valence-electron chi connectivity index (χ0n) is 15.2. The fourth-order valence-electron chi connectivity index (χ4n) is 2.71. The van der Waals surface area contributed by atoms with Crippen LogP contribution in [-0.4, -0.2) is 29.7 Å². The number of carbonyl (C=O) groups excluding carboxylic acids is 1. The summed E-state index contributed by atoms with van der Waals surface area (Å²) in [6, 6.07) is 7.67. The van der Waals surface area contributed by atoms with Crippen molar-refractivity contribution in [2.24, 2.45) is 0 Å². The molecule has 1 amide bonds. The Balaban J connectivity index is 2.11. The molecule has 128 valence electrons. The fraction of sp³-hybridized carbons (Fsp3) is 0.421. The lowest BCUT2D eigenvalue weighted by molar-refractivity contribution is 0.102. The molecule has 1 heterocycles. The lowest BCUT2D eigenvalue weighted by atomic mass is 10.1. The van der Waals surface area contributed by atoms with E-state index < -0.39 is 0 Å². The van der Waals surface area contributed by atoms with Gasteiger partial charge in [0.1, 0.15) is 0 Å². The van der Waals surface area contributed by atoms with Crippen LogP contribution >= 0.6 is 0 Å². The van der Waals surface area contributed by atoms with E-state index in [1.807, 2.05) is 38.8 Å². The minimum atomic E-state index is -0.236. The Hall–Kier alpha value is -2.43. The van der Waals surface area contributed by atoms with Gasteiger partial charge in [-0.05, 0) is 50.5 Å². The van der Waals surface area contributed by atoms with E-state index in [0.717, 1.165) is 42.0 Å². The maximum Gasteiger partial charge on any atom is 0.276 e. The smallest absolute Gasteiger partial charge is 0.276 e. The summed E-state index contributed by atoms with van der Waals surface area (Å²) >= 11 is 0. The highest BCUT2D eigenvalue weighted by Crippen LogP contribution is 2.22. The lowest BCUT2D eigenvalue weighted by Crippen LogP contribution is -2.21. The molecule has 0 bridgehead atoms. The first-order chi connectivity index (χ1) is 11.4. The molecular weight excluding hydrogens is 300 g/mol. The largest absolute Gasteiger partial charge is 0.358 e. The van der Waals surface area contributed by atoms with Gasteiger partial charge in [0.25, 0.3) is 5.91 Å². The van der Waals surface area contributed by atoms with Gasteiger partial charge in [0, 0.05) is 19.3 Å². The highest BCUT2D eigenvalue weighted by molar-refractivity contribution is 6.03. The number of hydrogen-bond donors (Lipinski definition) is 1. The minimum Gasteiger partial charge on any atom is -0.358 e.